The van der Waals surface area contributed by atoms with Crippen LogP contribution < -0.4 is 5.32 Å². The summed E-state index contributed by atoms with van der Waals surface area (Å²) < 4.78 is 5.50. The Morgan fingerprint density at radius 3 is 2.50 bits per heavy atom. The van der Waals surface area contributed by atoms with E-state index in [0.29, 0.717) is 18.2 Å². The van der Waals surface area contributed by atoms with Gasteiger partial charge in [0.2, 0.25) is 5.91 Å². The van der Waals surface area contributed by atoms with Crippen LogP contribution in [0, 0.1) is 5.92 Å². The van der Waals surface area contributed by atoms with Crippen LogP contribution in [0.1, 0.15) is 42.5 Å². The predicted molar refractivity (Wildman–Crippen MR) is 107 cm³/mol. The third kappa shape index (κ3) is 4.55. The lowest BCUT2D eigenvalue weighted by molar-refractivity contribution is -0.127. The molecule has 0 aliphatic carbocycles. The fraction of sp³-hybridized carbons (Fsp3) is 0.636. The first-order chi connectivity index (χ1) is 13.7. The van der Waals surface area contributed by atoms with Crippen LogP contribution in [0.15, 0.2) is 30.3 Å². The van der Waals surface area contributed by atoms with Gasteiger partial charge in [0.1, 0.15) is 0 Å². The van der Waals surface area contributed by atoms with E-state index in [2.05, 4.69) is 10.2 Å². The van der Waals surface area contributed by atoms with Gasteiger partial charge in [-0.25, -0.2) is 0 Å². The first-order valence-electron chi connectivity index (χ1n) is 10.7. The zero-order valence-corrected chi connectivity index (χ0v) is 16.5. The van der Waals surface area contributed by atoms with Crippen molar-refractivity contribution in [2.45, 2.75) is 44.2 Å². The van der Waals surface area contributed by atoms with Crippen LogP contribution >= 0.6 is 0 Å². The molecule has 2 atom stereocenters. The van der Waals surface area contributed by atoms with Gasteiger partial charge in [0.25, 0.3) is 5.91 Å². The Bertz CT molecular complexity index is 667. The summed E-state index contributed by atoms with van der Waals surface area (Å²) in [5, 5.41) is 3.26. The van der Waals surface area contributed by atoms with Crippen molar-refractivity contribution in [1.29, 1.82) is 0 Å². The molecule has 0 radical (unpaired) electrons. The second kappa shape index (κ2) is 9.05. The summed E-state index contributed by atoms with van der Waals surface area (Å²) in [6, 6.07) is 10.2. The van der Waals surface area contributed by atoms with Crippen LogP contribution in [-0.4, -0.2) is 73.1 Å². The van der Waals surface area contributed by atoms with Gasteiger partial charge in [0.05, 0.1) is 12.5 Å². The predicted octanol–water partition coefficient (Wildman–Crippen LogP) is 1.91. The minimum Gasteiger partial charge on any atom is -0.380 e. The molecular formula is C22H31N3O3. The highest BCUT2D eigenvalue weighted by molar-refractivity contribution is 5.94. The SMILES string of the molecule is O=C(NC1CCN(C2CCOC2)CC1)C1CCCN(C(=O)c2ccccc2)C1. The molecule has 0 saturated carbocycles. The fourth-order valence-corrected chi connectivity index (χ4v) is 4.68. The number of ether oxygens (including phenoxy) is 1. The zero-order chi connectivity index (χ0) is 19.3. The average molecular weight is 386 g/mol. The molecule has 0 bridgehead atoms. The van der Waals surface area contributed by atoms with Crippen molar-refractivity contribution in [1.82, 2.24) is 15.1 Å². The molecule has 1 N–H and O–H groups in total. The minimum atomic E-state index is -0.0947. The highest BCUT2D eigenvalue weighted by Gasteiger charge is 2.32. The number of hydrogen-bond acceptors (Lipinski definition) is 4. The molecule has 0 spiro atoms. The van der Waals surface area contributed by atoms with Gasteiger partial charge < -0.3 is 15.0 Å². The van der Waals surface area contributed by atoms with Crippen LogP contribution in [0.2, 0.25) is 0 Å². The van der Waals surface area contributed by atoms with Crippen LogP contribution in [0.3, 0.4) is 0 Å². The van der Waals surface area contributed by atoms with Gasteiger partial charge in [-0.1, -0.05) is 18.2 Å². The van der Waals surface area contributed by atoms with Crippen molar-refractivity contribution in [2.24, 2.45) is 5.92 Å². The summed E-state index contributed by atoms with van der Waals surface area (Å²) in [5.41, 5.74) is 0.701. The smallest absolute Gasteiger partial charge is 0.253 e. The van der Waals surface area contributed by atoms with E-state index in [-0.39, 0.29) is 23.8 Å². The fourth-order valence-electron chi connectivity index (χ4n) is 4.68. The average Bonchev–Trinajstić information content (AvgIpc) is 3.29. The monoisotopic (exact) mass is 385 g/mol. The van der Waals surface area contributed by atoms with Crippen LogP contribution in [0.5, 0.6) is 0 Å². The molecule has 152 valence electrons. The molecule has 2 unspecified atom stereocenters. The number of nitrogens with one attached hydrogen (secondary N) is 1. The largest absolute Gasteiger partial charge is 0.380 e. The maximum atomic E-state index is 12.8. The lowest BCUT2D eigenvalue weighted by Crippen LogP contribution is -2.51. The Labute approximate surface area is 167 Å². The molecule has 3 aliphatic rings. The van der Waals surface area contributed by atoms with Crippen molar-refractivity contribution in [3.63, 3.8) is 0 Å². The quantitative estimate of drug-likeness (QED) is 0.860. The van der Waals surface area contributed by atoms with Crippen molar-refractivity contribution >= 4 is 11.8 Å². The van der Waals surface area contributed by atoms with Crippen molar-refractivity contribution in [3.8, 4) is 0 Å². The summed E-state index contributed by atoms with van der Waals surface area (Å²) in [4.78, 5) is 29.9. The third-order valence-electron chi connectivity index (χ3n) is 6.40. The van der Waals surface area contributed by atoms with E-state index >= 15 is 0 Å². The van der Waals surface area contributed by atoms with E-state index in [9.17, 15) is 9.59 Å². The standard InChI is InChI=1S/C22H31N3O3/c26-21(23-19-8-12-24(13-9-19)20-10-14-28-16-20)18-7-4-11-25(15-18)22(27)17-5-2-1-3-6-17/h1-3,5-6,18-20H,4,7-16H2,(H,23,26). The van der Waals surface area contributed by atoms with Gasteiger partial charge >= 0.3 is 0 Å². The normalized spacial score (nSPS) is 26.9. The number of carbonyl (C=O) groups is 2. The van der Waals surface area contributed by atoms with E-state index in [1.807, 2.05) is 35.2 Å². The summed E-state index contributed by atoms with van der Waals surface area (Å²) in [6.45, 7) is 5.05. The molecule has 3 saturated heterocycles. The molecule has 1 aromatic carbocycles. The Morgan fingerprint density at radius 1 is 1.00 bits per heavy atom. The second-order valence-electron chi connectivity index (χ2n) is 8.29. The number of piperidine rings is 2. The molecule has 3 fully saturated rings. The number of carbonyl (C=O) groups excluding carboxylic acids is 2. The Kier molecular flexibility index (Phi) is 6.27. The molecule has 0 aromatic heterocycles. The van der Waals surface area contributed by atoms with Crippen LogP contribution in [0.4, 0.5) is 0 Å². The highest BCUT2D eigenvalue weighted by Crippen LogP contribution is 2.22. The first kappa shape index (κ1) is 19.4. The van der Waals surface area contributed by atoms with Gasteiger partial charge in [-0.05, 0) is 44.2 Å². The van der Waals surface area contributed by atoms with Crippen molar-refractivity contribution in [3.05, 3.63) is 35.9 Å². The van der Waals surface area contributed by atoms with Crippen LogP contribution in [0.25, 0.3) is 0 Å². The first-order valence-corrected chi connectivity index (χ1v) is 10.7. The second-order valence-corrected chi connectivity index (χ2v) is 8.29. The van der Waals surface area contributed by atoms with E-state index in [1.165, 1.54) is 0 Å². The number of amides is 2. The summed E-state index contributed by atoms with van der Waals surface area (Å²) in [6.07, 6.45) is 4.88. The lowest BCUT2D eigenvalue weighted by Gasteiger charge is -2.37. The number of hydrogen-bond donors (Lipinski definition) is 1. The molecule has 28 heavy (non-hydrogen) atoms. The van der Waals surface area contributed by atoms with E-state index in [0.717, 1.165) is 65.0 Å². The van der Waals surface area contributed by atoms with Crippen molar-refractivity contribution < 1.29 is 14.3 Å². The topological polar surface area (TPSA) is 61.9 Å². The minimum absolute atomic E-state index is 0.0326. The van der Waals surface area contributed by atoms with E-state index in [4.69, 9.17) is 4.74 Å². The Balaban J connectivity index is 1.26. The van der Waals surface area contributed by atoms with E-state index in [1.54, 1.807) is 0 Å². The molecule has 3 heterocycles. The lowest BCUT2D eigenvalue weighted by atomic mass is 9.95. The molecular weight excluding hydrogens is 354 g/mol. The summed E-state index contributed by atoms with van der Waals surface area (Å²) in [7, 11) is 0. The van der Waals surface area contributed by atoms with Gasteiger partial charge in [0.15, 0.2) is 0 Å². The maximum Gasteiger partial charge on any atom is 0.253 e. The zero-order valence-electron chi connectivity index (χ0n) is 16.5. The molecule has 4 rings (SSSR count). The molecule has 3 aliphatic heterocycles. The molecule has 1 aromatic rings. The molecule has 2 amide bonds. The Morgan fingerprint density at radius 2 is 1.79 bits per heavy atom. The Hall–Kier alpha value is -1.92. The van der Waals surface area contributed by atoms with Crippen LogP contribution in [-0.2, 0) is 9.53 Å². The van der Waals surface area contributed by atoms with Gasteiger partial charge in [-0.3, -0.25) is 14.5 Å². The number of nitrogens with zero attached hydrogens (tertiary/aromatic N) is 2. The number of benzene rings is 1. The third-order valence-corrected chi connectivity index (χ3v) is 6.40. The number of rotatable bonds is 4. The highest BCUT2D eigenvalue weighted by atomic mass is 16.5. The van der Waals surface area contributed by atoms with E-state index < -0.39 is 0 Å². The van der Waals surface area contributed by atoms with Gasteiger partial charge in [-0.2, -0.15) is 0 Å². The summed E-state index contributed by atoms with van der Waals surface area (Å²) >= 11 is 0. The van der Waals surface area contributed by atoms with Gasteiger partial charge in [0, 0.05) is 50.4 Å². The van der Waals surface area contributed by atoms with Gasteiger partial charge in [-0.15, -0.1) is 0 Å². The summed E-state index contributed by atoms with van der Waals surface area (Å²) in [5.74, 6) is 0.0566. The maximum absolute atomic E-state index is 12.8. The number of likely N-dealkylation sites (tertiary alicyclic amines) is 2. The molecule has 6 heteroatoms. The molecule has 6 nitrogen and oxygen atoms in total. The van der Waals surface area contributed by atoms with Crippen molar-refractivity contribution in [2.75, 3.05) is 39.4 Å².